The molecule has 1 atom stereocenters. The Kier molecular flexibility index (Phi) is 6.28. The molecule has 0 aromatic heterocycles. The summed E-state index contributed by atoms with van der Waals surface area (Å²) < 4.78 is 27.5. The summed E-state index contributed by atoms with van der Waals surface area (Å²) in [5, 5.41) is 4.78. The van der Waals surface area contributed by atoms with Gasteiger partial charge in [0.25, 0.3) is 5.91 Å². The second-order valence-electron chi connectivity index (χ2n) is 7.27. The minimum Gasteiger partial charge on any atom is -0.390 e. The minimum absolute atomic E-state index is 0.0264. The van der Waals surface area contributed by atoms with Crippen molar-refractivity contribution >= 4 is 23.2 Å². The molecule has 3 aromatic rings. The fourth-order valence-corrected chi connectivity index (χ4v) is 3.55. The number of rotatable bonds is 6. The highest BCUT2D eigenvalue weighted by Gasteiger charge is 2.28. The van der Waals surface area contributed by atoms with Crippen LogP contribution in [0.15, 0.2) is 78.0 Å². The maximum atomic E-state index is 14.3. The van der Waals surface area contributed by atoms with E-state index < -0.39 is 11.7 Å². The molecule has 1 unspecified atom stereocenters. The molecule has 0 bridgehead atoms. The Labute approximate surface area is 183 Å². The normalized spacial score (nSPS) is 15.3. The summed E-state index contributed by atoms with van der Waals surface area (Å²) in [6.45, 7) is 0.384. The number of nitrogens with zero attached hydrogens (tertiary/aromatic N) is 2. The van der Waals surface area contributed by atoms with Crippen LogP contribution < -0.4 is 0 Å². The standard InChI is InChI=1S/C24H19ClF2N2O2/c25-18-9-7-17(8-10-18)23-13-20(31-28-23)15-29(14-16-5-11-19(26)12-6-16)24(30)21-3-1-2-4-22(21)27/h1-12,20H,13-15H2. The number of halogens is 3. The summed E-state index contributed by atoms with van der Waals surface area (Å²) in [6.07, 6.45) is 0.105. The van der Waals surface area contributed by atoms with E-state index in [1.54, 1.807) is 30.3 Å². The lowest BCUT2D eigenvalue weighted by molar-refractivity contribution is 0.0402. The molecule has 0 spiro atoms. The number of benzene rings is 3. The first-order chi connectivity index (χ1) is 15.0. The molecule has 4 rings (SSSR count). The van der Waals surface area contributed by atoms with Gasteiger partial charge in [-0.2, -0.15) is 0 Å². The van der Waals surface area contributed by atoms with Crippen LogP contribution in [0, 0.1) is 11.6 Å². The van der Waals surface area contributed by atoms with Crippen molar-refractivity contribution in [1.82, 2.24) is 4.90 Å². The molecule has 1 amide bonds. The first-order valence-corrected chi connectivity index (χ1v) is 10.1. The van der Waals surface area contributed by atoms with Gasteiger partial charge in [-0.15, -0.1) is 0 Å². The van der Waals surface area contributed by atoms with E-state index in [2.05, 4.69) is 5.16 Å². The van der Waals surface area contributed by atoms with Crippen LogP contribution in [0.5, 0.6) is 0 Å². The Bertz CT molecular complexity index is 1100. The van der Waals surface area contributed by atoms with Crippen LogP contribution in [0.1, 0.15) is 27.9 Å². The number of carbonyl (C=O) groups excluding carboxylic acids is 1. The number of oxime groups is 1. The summed E-state index contributed by atoms with van der Waals surface area (Å²) in [5.41, 5.74) is 2.34. The fourth-order valence-electron chi connectivity index (χ4n) is 3.42. The van der Waals surface area contributed by atoms with Crippen LogP contribution in [0.2, 0.25) is 5.02 Å². The third-order valence-corrected chi connectivity index (χ3v) is 5.26. The Morgan fingerprint density at radius 2 is 1.74 bits per heavy atom. The van der Waals surface area contributed by atoms with E-state index in [0.717, 1.165) is 16.8 Å². The maximum Gasteiger partial charge on any atom is 0.257 e. The van der Waals surface area contributed by atoms with Crippen LogP contribution in [0.3, 0.4) is 0 Å². The summed E-state index contributed by atoms with van der Waals surface area (Å²) in [5.74, 6) is -1.43. The van der Waals surface area contributed by atoms with Crippen LogP contribution in [0.25, 0.3) is 0 Å². The summed E-state index contributed by atoms with van der Waals surface area (Å²) in [6, 6.07) is 18.9. The molecule has 0 fully saturated rings. The fraction of sp³-hybridized carbons (Fsp3) is 0.167. The third kappa shape index (κ3) is 5.09. The van der Waals surface area contributed by atoms with Crippen molar-refractivity contribution in [2.75, 3.05) is 6.54 Å². The highest BCUT2D eigenvalue weighted by atomic mass is 35.5. The topological polar surface area (TPSA) is 41.9 Å². The molecule has 1 heterocycles. The van der Waals surface area contributed by atoms with E-state index in [4.69, 9.17) is 16.4 Å². The van der Waals surface area contributed by atoms with E-state index in [0.29, 0.717) is 11.4 Å². The molecule has 1 aliphatic rings. The number of hydrogen-bond acceptors (Lipinski definition) is 3. The lowest BCUT2D eigenvalue weighted by Gasteiger charge is -2.25. The van der Waals surface area contributed by atoms with Gasteiger partial charge in [0.1, 0.15) is 11.6 Å². The van der Waals surface area contributed by atoms with Crippen molar-refractivity contribution in [3.05, 3.63) is 106 Å². The van der Waals surface area contributed by atoms with Crippen molar-refractivity contribution in [2.45, 2.75) is 19.1 Å². The van der Waals surface area contributed by atoms with Gasteiger partial charge in [0.05, 0.1) is 17.8 Å². The molecular formula is C24H19ClF2N2O2. The Hall–Kier alpha value is -3.25. The van der Waals surface area contributed by atoms with E-state index in [1.807, 2.05) is 12.1 Å². The van der Waals surface area contributed by atoms with Crippen LogP contribution >= 0.6 is 11.6 Å². The van der Waals surface area contributed by atoms with Gasteiger partial charge >= 0.3 is 0 Å². The molecule has 0 N–H and O–H groups in total. The summed E-state index contributed by atoms with van der Waals surface area (Å²) in [7, 11) is 0. The van der Waals surface area contributed by atoms with Crippen molar-refractivity contribution in [1.29, 1.82) is 0 Å². The molecular weight excluding hydrogens is 422 g/mol. The van der Waals surface area contributed by atoms with Crippen LogP contribution in [-0.4, -0.2) is 29.2 Å². The van der Waals surface area contributed by atoms with Crippen LogP contribution in [-0.2, 0) is 11.4 Å². The minimum atomic E-state index is -0.595. The van der Waals surface area contributed by atoms with Gasteiger partial charge in [-0.1, -0.05) is 53.2 Å². The van der Waals surface area contributed by atoms with Crippen molar-refractivity contribution < 1.29 is 18.4 Å². The second kappa shape index (κ2) is 9.27. The monoisotopic (exact) mass is 440 g/mol. The van der Waals surface area contributed by atoms with E-state index in [-0.39, 0.29) is 30.6 Å². The largest absolute Gasteiger partial charge is 0.390 e. The maximum absolute atomic E-state index is 14.3. The zero-order valence-electron chi connectivity index (χ0n) is 16.5. The molecule has 0 saturated carbocycles. The molecule has 0 saturated heterocycles. The SMILES string of the molecule is O=C(c1ccccc1F)N(Cc1ccc(F)cc1)CC1CC(c2ccc(Cl)cc2)=NO1. The molecule has 0 radical (unpaired) electrons. The average molecular weight is 441 g/mol. The lowest BCUT2D eigenvalue weighted by Crippen LogP contribution is -2.37. The first kappa shape index (κ1) is 21.0. The number of carbonyl (C=O) groups is 1. The predicted molar refractivity (Wildman–Crippen MR) is 115 cm³/mol. The Morgan fingerprint density at radius 3 is 2.45 bits per heavy atom. The average Bonchev–Trinajstić information content (AvgIpc) is 3.24. The quantitative estimate of drug-likeness (QED) is 0.511. The lowest BCUT2D eigenvalue weighted by atomic mass is 10.0. The second-order valence-corrected chi connectivity index (χ2v) is 7.70. The van der Waals surface area contributed by atoms with Gasteiger partial charge in [0.15, 0.2) is 6.10 Å². The molecule has 0 aliphatic carbocycles. The van der Waals surface area contributed by atoms with Gasteiger partial charge in [-0.05, 0) is 47.5 Å². The van der Waals surface area contributed by atoms with Gasteiger partial charge < -0.3 is 9.74 Å². The molecule has 1 aliphatic heterocycles. The van der Waals surface area contributed by atoms with Gasteiger partial charge in [-0.3, -0.25) is 4.79 Å². The molecule has 31 heavy (non-hydrogen) atoms. The van der Waals surface area contributed by atoms with E-state index >= 15 is 0 Å². The molecule has 7 heteroatoms. The van der Waals surface area contributed by atoms with Crippen LogP contribution in [0.4, 0.5) is 8.78 Å². The highest BCUT2D eigenvalue weighted by Crippen LogP contribution is 2.21. The Balaban J connectivity index is 1.52. The number of hydrogen-bond donors (Lipinski definition) is 0. The van der Waals surface area contributed by atoms with E-state index in [1.165, 1.54) is 35.2 Å². The zero-order chi connectivity index (χ0) is 21.8. The molecule has 158 valence electrons. The summed E-state index contributed by atoms with van der Waals surface area (Å²) in [4.78, 5) is 20.2. The predicted octanol–water partition coefficient (Wildman–Crippen LogP) is 5.45. The van der Waals surface area contributed by atoms with E-state index in [9.17, 15) is 13.6 Å². The summed E-state index contributed by atoms with van der Waals surface area (Å²) >= 11 is 5.94. The van der Waals surface area contributed by atoms with Crippen molar-refractivity contribution in [3.8, 4) is 0 Å². The van der Waals surface area contributed by atoms with Crippen molar-refractivity contribution in [2.24, 2.45) is 5.16 Å². The molecule has 3 aromatic carbocycles. The highest BCUT2D eigenvalue weighted by molar-refractivity contribution is 6.30. The smallest absolute Gasteiger partial charge is 0.257 e. The number of amides is 1. The van der Waals surface area contributed by atoms with Gasteiger partial charge in [0, 0.05) is 18.0 Å². The van der Waals surface area contributed by atoms with Crippen molar-refractivity contribution in [3.63, 3.8) is 0 Å². The zero-order valence-corrected chi connectivity index (χ0v) is 17.2. The van der Waals surface area contributed by atoms with Gasteiger partial charge in [-0.25, -0.2) is 8.78 Å². The third-order valence-electron chi connectivity index (χ3n) is 5.01. The first-order valence-electron chi connectivity index (χ1n) is 9.76. The molecule has 4 nitrogen and oxygen atoms in total. The Morgan fingerprint density at radius 1 is 1.03 bits per heavy atom. The van der Waals surface area contributed by atoms with Gasteiger partial charge in [0.2, 0.25) is 0 Å².